The highest BCUT2D eigenvalue weighted by molar-refractivity contribution is 6.38. The number of fused-ring (bicyclic) bond motifs is 1. The summed E-state index contributed by atoms with van der Waals surface area (Å²) < 4.78 is 5.58. The van der Waals surface area contributed by atoms with Gasteiger partial charge >= 0.3 is 0 Å². The van der Waals surface area contributed by atoms with Crippen molar-refractivity contribution in [2.24, 2.45) is 20.8 Å². The summed E-state index contributed by atoms with van der Waals surface area (Å²) in [6.45, 7) is 3.85. The summed E-state index contributed by atoms with van der Waals surface area (Å²) >= 11 is 0. The van der Waals surface area contributed by atoms with Gasteiger partial charge in [0, 0.05) is 43.1 Å². The Hall–Kier alpha value is -3.33. The molecule has 3 aliphatic heterocycles. The largest absolute Gasteiger partial charge is 0.378 e. The third-order valence-electron chi connectivity index (χ3n) is 5.42. The van der Waals surface area contributed by atoms with E-state index in [2.05, 4.69) is 33.4 Å². The van der Waals surface area contributed by atoms with Gasteiger partial charge in [0.1, 0.15) is 6.21 Å². The maximum absolute atomic E-state index is 5.84. The molecule has 30 heavy (non-hydrogen) atoms. The van der Waals surface area contributed by atoms with Gasteiger partial charge in [0.05, 0.1) is 19.4 Å². The number of guanidine groups is 1. The Morgan fingerprint density at radius 2 is 1.93 bits per heavy atom. The number of nitrogens with one attached hydrogen (secondary N) is 1. The molecule has 2 aromatic carbocycles. The topological polar surface area (TPSA) is 87.6 Å². The smallest absolute Gasteiger partial charge is 0.287 e. The zero-order valence-electron chi connectivity index (χ0n) is 16.6. The molecule has 1 saturated heterocycles. The van der Waals surface area contributed by atoms with Crippen molar-refractivity contribution in [3.05, 3.63) is 66.5 Å². The highest BCUT2D eigenvalue weighted by Crippen LogP contribution is 2.31. The van der Waals surface area contributed by atoms with Crippen LogP contribution in [0.15, 0.2) is 76.0 Å². The Labute approximate surface area is 175 Å². The zero-order valence-corrected chi connectivity index (χ0v) is 16.6. The minimum absolute atomic E-state index is 0.144. The number of hydrogen-bond acceptors (Lipinski definition) is 7. The predicted molar refractivity (Wildman–Crippen MR) is 122 cm³/mol. The number of nitrogens with two attached hydrogens (primary N) is 1. The zero-order chi connectivity index (χ0) is 20.4. The maximum atomic E-state index is 5.84. The average molecular weight is 402 g/mol. The van der Waals surface area contributed by atoms with Gasteiger partial charge in [-0.3, -0.25) is 4.99 Å². The molecule has 1 atom stereocenters. The van der Waals surface area contributed by atoms with E-state index in [1.54, 1.807) is 12.4 Å². The van der Waals surface area contributed by atoms with Crippen molar-refractivity contribution >= 4 is 35.1 Å². The van der Waals surface area contributed by atoms with E-state index in [9.17, 15) is 0 Å². The molecule has 0 aromatic heterocycles. The van der Waals surface area contributed by atoms with Gasteiger partial charge in [-0.15, -0.1) is 0 Å². The molecular weight excluding hydrogens is 378 g/mol. The molecule has 0 spiro atoms. The van der Waals surface area contributed by atoms with Crippen LogP contribution in [-0.2, 0) is 11.3 Å². The van der Waals surface area contributed by atoms with Gasteiger partial charge in [-0.05, 0) is 34.9 Å². The molecule has 5 rings (SSSR count). The minimum atomic E-state index is 0.144. The first kappa shape index (κ1) is 18.7. The lowest BCUT2D eigenvalue weighted by atomic mass is 10.2. The Morgan fingerprint density at radius 1 is 1.10 bits per heavy atom. The van der Waals surface area contributed by atoms with E-state index in [4.69, 9.17) is 20.6 Å². The van der Waals surface area contributed by atoms with E-state index in [0.717, 1.165) is 49.1 Å². The molecule has 0 amide bonds. The molecule has 1 unspecified atom stereocenters. The fraction of sp³-hybridized carbons (Fsp3) is 0.227. The molecule has 3 N–H and O–H groups in total. The van der Waals surface area contributed by atoms with Crippen LogP contribution in [0.2, 0.25) is 0 Å². The monoisotopic (exact) mass is 402 g/mol. The number of benzene rings is 2. The van der Waals surface area contributed by atoms with Crippen molar-refractivity contribution in [3.63, 3.8) is 0 Å². The molecule has 0 bridgehead atoms. The first-order valence-electron chi connectivity index (χ1n) is 10.1. The molecule has 0 radical (unpaired) electrons. The number of anilines is 2. The van der Waals surface area contributed by atoms with Crippen LogP contribution in [0.1, 0.15) is 5.56 Å². The van der Waals surface area contributed by atoms with Crippen molar-refractivity contribution in [2.75, 3.05) is 36.5 Å². The quantitative estimate of drug-likeness (QED) is 0.770. The summed E-state index contributed by atoms with van der Waals surface area (Å²) in [5.41, 5.74) is 9.98. The van der Waals surface area contributed by atoms with E-state index < -0.39 is 0 Å². The summed E-state index contributed by atoms with van der Waals surface area (Å²) in [7, 11) is 0. The molecule has 152 valence electrons. The number of nitrogens with zero attached hydrogens (tertiary/aromatic N) is 5. The lowest BCUT2D eigenvalue weighted by Gasteiger charge is -2.28. The van der Waals surface area contributed by atoms with Gasteiger partial charge in [0.25, 0.3) is 11.8 Å². The van der Waals surface area contributed by atoms with Crippen molar-refractivity contribution < 1.29 is 4.74 Å². The molecule has 8 nitrogen and oxygen atoms in total. The molecule has 1 fully saturated rings. The van der Waals surface area contributed by atoms with Crippen molar-refractivity contribution in [3.8, 4) is 0 Å². The Balaban J connectivity index is 1.40. The van der Waals surface area contributed by atoms with Gasteiger partial charge in [0.15, 0.2) is 11.9 Å². The van der Waals surface area contributed by atoms with Gasteiger partial charge in [-0.2, -0.15) is 4.99 Å². The average Bonchev–Trinajstić information content (AvgIpc) is 3.19. The minimum Gasteiger partial charge on any atom is -0.378 e. The number of quaternary nitrogens is 1. The molecule has 8 heteroatoms. The van der Waals surface area contributed by atoms with Gasteiger partial charge in [-0.1, -0.05) is 16.7 Å². The highest BCUT2D eigenvalue weighted by atomic mass is 16.5. The first-order valence-corrected chi connectivity index (χ1v) is 10.1. The Morgan fingerprint density at radius 3 is 2.73 bits per heavy atom. The summed E-state index contributed by atoms with van der Waals surface area (Å²) in [5.74, 6) is 1.28. The number of amidine groups is 1. The molecule has 3 aliphatic rings. The van der Waals surface area contributed by atoms with Gasteiger partial charge in [0.2, 0.25) is 0 Å². The molecule has 3 heterocycles. The second kappa shape index (κ2) is 7.83. The lowest BCUT2D eigenvalue weighted by molar-refractivity contribution is 0.122. The first-order chi connectivity index (χ1) is 14.8. The molecule has 0 saturated carbocycles. The number of hydrogen-bond donors (Lipinski definition) is 2. The Kier molecular flexibility index (Phi) is 4.88. The van der Waals surface area contributed by atoms with Crippen LogP contribution in [-0.4, -0.2) is 44.3 Å². The van der Waals surface area contributed by atoms with E-state index >= 15 is 0 Å². The number of morpholine rings is 1. The standard InChI is InChI=1S/C22H24N7O/c23-15-17-2-1-3-20(14-17)29-11-8-24-16-21(29)26-22(27-29)25-18-4-6-19(7-5-18)28-9-12-30-13-10-28/h1-8,11,14,16H,9-10,12-13,15,23H2,(H,25,27)/q+1. The molecule has 2 aromatic rings. The second-order valence-corrected chi connectivity index (χ2v) is 7.30. The van der Waals surface area contributed by atoms with E-state index in [1.807, 2.05) is 36.5 Å². The summed E-state index contributed by atoms with van der Waals surface area (Å²) in [5, 5.41) is 8.22. The lowest BCUT2D eigenvalue weighted by Crippen LogP contribution is -2.44. The summed E-state index contributed by atoms with van der Waals surface area (Å²) in [6, 6.07) is 16.4. The van der Waals surface area contributed by atoms with Gasteiger partial charge in [-0.25, -0.2) is 0 Å². The molecule has 0 aliphatic carbocycles. The SMILES string of the molecule is NCc1cccc([N+]23C=CN=CC2=NC(Nc2ccc(N4CCOCC4)cc2)=N3)c1. The maximum Gasteiger partial charge on any atom is 0.287 e. The van der Waals surface area contributed by atoms with Crippen LogP contribution >= 0.6 is 0 Å². The predicted octanol–water partition coefficient (Wildman–Crippen LogP) is 2.64. The fourth-order valence-corrected chi connectivity index (χ4v) is 3.81. The van der Waals surface area contributed by atoms with Crippen LogP contribution in [0.3, 0.4) is 0 Å². The van der Waals surface area contributed by atoms with E-state index in [0.29, 0.717) is 12.5 Å². The van der Waals surface area contributed by atoms with Crippen molar-refractivity contribution in [1.82, 2.24) is 4.59 Å². The second-order valence-electron chi connectivity index (χ2n) is 7.30. The van der Waals surface area contributed by atoms with Crippen LogP contribution in [0.5, 0.6) is 0 Å². The van der Waals surface area contributed by atoms with Gasteiger partial charge < -0.3 is 20.7 Å². The van der Waals surface area contributed by atoms with Crippen LogP contribution in [0.4, 0.5) is 17.1 Å². The number of rotatable bonds is 4. The normalized spacial score (nSPS) is 22.5. The molecular formula is C22H24N7O+. The number of ether oxygens (including phenoxy) is 1. The third kappa shape index (κ3) is 3.41. The van der Waals surface area contributed by atoms with E-state index in [-0.39, 0.29) is 4.59 Å². The highest BCUT2D eigenvalue weighted by Gasteiger charge is 2.42. The summed E-state index contributed by atoms with van der Waals surface area (Å²) in [6.07, 6.45) is 5.41. The number of aliphatic imine (C=N–C) groups is 2. The Bertz CT molecular complexity index is 1050. The van der Waals surface area contributed by atoms with Crippen molar-refractivity contribution in [2.45, 2.75) is 6.54 Å². The third-order valence-corrected chi connectivity index (χ3v) is 5.42. The fourth-order valence-electron chi connectivity index (χ4n) is 3.81. The summed E-state index contributed by atoms with van der Waals surface area (Å²) in [4.78, 5) is 11.3. The van der Waals surface area contributed by atoms with Crippen LogP contribution in [0, 0.1) is 0 Å². The van der Waals surface area contributed by atoms with Crippen molar-refractivity contribution in [1.29, 1.82) is 0 Å². The van der Waals surface area contributed by atoms with E-state index in [1.165, 1.54) is 5.69 Å². The van der Waals surface area contributed by atoms with Crippen LogP contribution < -0.4 is 20.5 Å². The van der Waals surface area contributed by atoms with Crippen LogP contribution in [0.25, 0.3) is 0 Å².